The van der Waals surface area contributed by atoms with E-state index in [0.717, 1.165) is 0 Å². The van der Waals surface area contributed by atoms with E-state index in [-0.39, 0.29) is 20.6 Å². The highest BCUT2D eigenvalue weighted by molar-refractivity contribution is 7.92. The summed E-state index contributed by atoms with van der Waals surface area (Å²) in [5.41, 5.74) is 0.162. The summed E-state index contributed by atoms with van der Waals surface area (Å²) in [7, 11) is -3.76. The first-order chi connectivity index (χ1) is 9.94. The topological polar surface area (TPSA) is 55.4 Å². The van der Waals surface area contributed by atoms with Crippen LogP contribution in [0.1, 0.15) is 6.92 Å². The summed E-state index contributed by atoms with van der Waals surface area (Å²) in [5.74, 6) is 0.604. The van der Waals surface area contributed by atoms with Crippen LogP contribution in [0, 0.1) is 0 Å². The fraction of sp³-hybridized carbons (Fsp3) is 0.143. The summed E-state index contributed by atoms with van der Waals surface area (Å²) < 4.78 is 32.3. The van der Waals surface area contributed by atoms with E-state index in [0.29, 0.717) is 12.4 Å². The van der Waals surface area contributed by atoms with Crippen molar-refractivity contribution in [3.63, 3.8) is 0 Å². The third kappa shape index (κ3) is 3.81. The van der Waals surface area contributed by atoms with E-state index in [1.807, 2.05) is 6.92 Å². The standard InChI is InChI=1S/C14H13Cl2NO3S/c1-2-20-10-6-8-11(9-7-10)21(18,19)17-14-12(15)4-3-5-13(14)16/h3-9,17H,2H2,1H3. The van der Waals surface area contributed by atoms with Gasteiger partial charge in [0.05, 0.1) is 27.2 Å². The van der Waals surface area contributed by atoms with Crippen molar-refractivity contribution in [1.82, 2.24) is 0 Å². The van der Waals surface area contributed by atoms with Crippen LogP contribution >= 0.6 is 23.2 Å². The zero-order chi connectivity index (χ0) is 15.5. The van der Waals surface area contributed by atoms with Crippen molar-refractivity contribution in [2.45, 2.75) is 11.8 Å². The van der Waals surface area contributed by atoms with Crippen molar-refractivity contribution >= 4 is 38.9 Å². The highest BCUT2D eigenvalue weighted by Crippen LogP contribution is 2.32. The largest absolute Gasteiger partial charge is 0.494 e. The zero-order valence-electron chi connectivity index (χ0n) is 11.1. The number of rotatable bonds is 5. The zero-order valence-corrected chi connectivity index (χ0v) is 13.5. The average molecular weight is 346 g/mol. The third-order valence-electron chi connectivity index (χ3n) is 2.64. The first-order valence-electron chi connectivity index (χ1n) is 6.13. The molecule has 4 nitrogen and oxygen atoms in total. The van der Waals surface area contributed by atoms with Gasteiger partial charge in [-0.3, -0.25) is 4.72 Å². The van der Waals surface area contributed by atoms with Gasteiger partial charge in [-0.1, -0.05) is 29.3 Å². The first kappa shape index (κ1) is 15.9. The van der Waals surface area contributed by atoms with E-state index in [1.54, 1.807) is 30.3 Å². The van der Waals surface area contributed by atoms with Crippen LogP contribution in [0.5, 0.6) is 5.75 Å². The molecule has 0 fully saturated rings. The van der Waals surface area contributed by atoms with Gasteiger partial charge in [0.25, 0.3) is 10.0 Å². The number of sulfonamides is 1. The number of hydrogen-bond acceptors (Lipinski definition) is 3. The van der Waals surface area contributed by atoms with Gasteiger partial charge in [-0.05, 0) is 43.3 Å². The second-order valence-electron chi connectivity index (χ2n) is 4.11. The van der Waals surface area contributed by atoms with Gasteiger partial charge in [-0.2, -0.15) is 0 Å². The normalized spacial score (nSPS) is 11.2. The number of para-hydroxylation sites is 1. The molecular weight excluding hydrogens is 333 g/mol. The molecule has 2 aromatic carbocycles. The average Bonchev–Trinajstić information content (AvgIpc) is 2.44. The Balaban J connectivity index is 2.30. The summed E-state index contributed by atoms with van der Waals surface area (Å²) in [6.07, 6.45) is 0. The minimum Gasteiger partial charge on any atom is -0.494 e. The molecule has 0 saturated carbocycles. The monoisotopic (exact) mass is 345 g/mol. The number of hydrogen-bond donors (Lipinski definition) is 1. The van der Waals surface area contributed by atoms with Gasteiger partial charge in [-0.15, -0.1) is 0 Å². The van der Waals surface area contributed by atoms with Gasteiger partial charge < -0.3 is 4.74 Å². The van der Waals surface area contributed by atoms with E-state index in [2.05, 4.69) is 4.72 Å². The fourth-order valence-electron chi connectivity index (χ4n) is 1.67. The quantitative estimate of drug-likeness (QED) is 0.883. The van der Waals surface area contributed by atoms with E-state index in [9.17, 15) is 8.42 Å². The van der Waals surface area contributed by atoms with Crippen molar-refractivity contribution in [3.8, 4) is 5.75 Å². The minimum absolute atomic E-state index is 0.0990. The van der Waals surface area contributed by atoms with Crippen LogP contribution in [0.4, 0.5) is 5.69 Å². The molecule has 0 bridgehead atoms. The number of anilines is 1. The predicted molar refractivity (Wildman–Crippen MR) is 84.9 cm³/mol. The number of nitrogens with one attached hydrogen (secondary N) is 1. The molecule has 0 radical (unpaired) electrons. The maximum absolute atomic E-state index is 12.3. The molecule has 0 heterocycles. The molecule has 2 aromatic rings. The molecular formula is C14H13Cl2NO3S. The lowest BCUT2D eigenvalue weighted by molar-refractivity contribution is 0.340. The second-order valence-corrected chi connectivity index (χ2v) is 6.60. The lowest BCUT2D eigenvalue weighted by Crippen LogP contribution is -2.13. The molecule has 0 atom stereocenters. The van der Waals surface area contributed by atoms with Crippen LogP contribution in [0.2, 0.25) is 10.0 Å². The van der Waals surface area contributed by atoms with Crippen LogP contribution in [-0.4, -0.2) is 15.0 Å². The van der Waals surface area contributed by atoms with Gasteiger partial charge in [0.1, 0.15) is 5.75 Å². The number of ether oxygens (including phenoxy) is 1. The van der Waals surface area contributed by atoms with Gasteiger partial charge in [-0.25, -0.2) is 8.42 Å². The maximum Gasteiger partial charge on any atom is 0.261 e. The Morgan fingerprint density at radius 2 is 1.62 bits per heavy atom. The van der Waals surface area contributed by atoms with Crippen LogP contribution in [0.25, 0.3) is 0 Å². The van der Waals surface area contributed by atoms with E-state index >= 15 is 0 Å². The highest BCUT2D eigenvalue weighted by atomic mass is 35.5. The van der Waals surface area contributed by atoms with E-state index in [1.165, 1.54) is 12.1 Å². The van der Waals surface area contributed by atoms with Crippen molar-refractivity contribution in [3.05, 3.63) is 52.5 Å². The van der Waals surface area contributed by atoms with Crippen LogP contribution in [0.3, 0.4) is 0 Å². The molecule has 112 valence electrons. The molecule has 0 aliphatic heterocycles. The molecule has 0 unspecified atom stereocenters. The molecule has 0 aromatic heterocycles. The molecule has 21 heavy (non-hydrogen) atoms. The Kier molecular flexibility index (Phi) is 4.98. The molecule has 2 rings (SSSR count). The molecule has 7 heteroatoms. The van der Waals surface area contributed by atoms with Gasteiger partial charge in [0.2, 0.25) is 0 Å². The van der Waals surface area contributed by atoms with Crippen LogP contribution in [-0.2, 0) is 10.0 Å². The van der Waals surface area contributed by atoms with Crippen molar-refractivity contribution in [2.24, 2.45) is 0 Å². The summed E-state index contributed by atoms with van der Waals surface area (Å²) >= 11 is 11.9. The van der Waals surface area contributed by atoms with Crippen LogP contribution in [0.15, 0.2) is 47.4 Å². The van der Waals surface area contributed by atoms with Crippen molar-refractivity contribution in [2.75, 3.05) is 11.3 Å². The summed E-state index contributed by atoms with van der Waals surface area (Å²) in [6.45, 7) is 2.37. The molecule has 0 spiro atoms. The molecule has 0 aliphatic carbocycles. The molecule has 0 aliphatic rings. The Morgan fingerprint density at radius 3 is 2.14 bits per heavy atom. The Morgan fingerprint density at radius 1 is 1.05 bits per heavy atom. The van der Waals surface area contributed by atoms with Gasteiger partial charge in [0.15, 0.2) is 0 Å². The minimum atomic E-state index is -3.76. The summed E-state index contributed by atoms with van der Waals surface area (Å²) in [6, 6.07) is 10.8. The molecule has 0 saturated heterocycles. The lowest BCUT2D eigenvalue weighted by atomic mass is 10.3. The summed E-state index contributed by atoms with van der Waals surface area (Å²) in [4.78, 5) is 0.0990. The maximum atomic E-state index is 12.3. The Hall–Kier alpha value is -1.43. The fourth-order valence-corrected chi connectivity index (χ4v) is 3.38. The predicted octanol–water partition coefficient (Wildman–Crippen LogP) is 4.19. The van der Waals surface area contributed by atoms with Crippen molar-refractivity contribution < 1.29 is 13.2 Å². The second kappa shape index (κ2) is 6.56. The lowest BCUT2D eigenvalue weighted by Gasteiger charge is -2.11. The third-order valence-corrected chi connectivity index (χ3v) is 4.64. The van der Waals surface area contributed by atoms with Gasteiger partial charge in [0, 0.05) is 0 Å². The number of halogens is 2. The Labute approximate surface area is 133 Å². The van der Waals surface area contributed by atoms with Gasteiger partial charge >= 0.3 is 0 Å². The molecule has 1 N–H and O–H groups in total. The number of benzene rings is 2. The van der Waals surface area contributed by atoms with E-state index in [4.69, 9.17) is 27.9 Å². The molecule has 0 amide bonds. The summed E-state index contributed by atoms with van der Waals surface area (Å²) in [5, 5.41) is 0.467. The SMILES string of the molecule is CCOc1ccc(S(=O)(=O)Nc2c(Cl)cccc2Cl)cc1. The highest BCUT2D eigenvalue weighted by Gasteiger charge is 2.17. The van der Waals surface area contributed by atoms with Crippen molar-refractivity contribution in [1.29, 1.82) is 0 Å². The van der Waals surface area contributed by atoms with Crippen LogP contribution < -0.4 is 9.46 Å². The Bertz CT molecular complexity index is 710. The first-order valence-corrected chi connectivity index (χ1v) is 8.37. The van der Waals surface area contributed by atoms with E-state index < -0.39 is 10.0 Å². The smallest absolute Gasteiger partial charge is 0.261 e.